The Bertz CT molecular complexity index is 281. The van der Waals surface area contributed by atoms with Crippen molar-refractivity contribution in [3.05, 3.63) is 0 Å². The molecule has 0 radical (unpaired) electrons. The van der Waals surface area contributed by atoms with Crippen molar-refractivity contribution >= 4 is 5.97 Å². The molecule has 0 unspecified atom stereocenters. The van der Waals surface area contributed by atoms with Gasteiger partial charge >= 0.3 is 5.97 Å². The van der Waals surface area contributed by atoms with Crippen molar-refractivity contribution in [3.63, 3.8) is 0 Å². The van der Waals surface area contributed by atoms with E-state index in [1.807, 2.05) is 34.6 Å². The zero-order valence-electron chi connectivity index (χ0n) is 11.6. The number of hydrogen-bond acceptors (Lipinski definition) is 4. The van der Waals surface area contributed by atoms with Crippen LogP contribution in [0.3, 0.4) is 0 Å². The average Bonchev–Trinajstić information content (AvgIpc) is 2.35. The molecule has 1 fully saturated rings. The SMILES string of the molecule is CC(C)(C)OC(=O)CCN1C[C@@H](O)C(C)(C)C1. The van der Waals surface area contributed by atoms with E-state index in [1.165, 1.54) is 0 Å². The van der Waals surface area contributed by atoms with E-state index < -0.39 is 5.60 Å². The largest absolute Gasteiger partial charge is 0.460 e. The Morgan fingerprint density at radius 2 is 2.06 bits per heavy atom. The lowest BCUT2D eigenvalue weighted by molar-refractivity contribution is -0.155. The molecule has 0 aromatic carbocycles. The van der Waals surface area contributed by atoms with Crippen LogP contribution < -0.4 is 0 Å². The van der Waals surface area contributed by atoms with Crippen LogP contribution in [-0.2, 0) is 9.53 Å². The van der Waals surface area contributed by atoms with Gasteiger partial charge in [-0.05, 0) is 20.8 Å². The molecule has 17 heavy (non-hydrogen) atoms. The molecule has 0 aromatic heterocycles. The number of nitrogens with zero attached hydrogens (tertiary/aromatic N) is 1. The molecule has 0 bridgehead atoms. The van der Waals surface area contributed by atoms with E-state index in [0.717, 1.165) is 6.54 Å². The van der Waals surface area contributed by atoms with Gasteiger partial charge < -0.3 is 9.84 Å². The molecule has 1 N–H and O–H groups in total. The van der Waals surface area contributed by atoms with Gasteiger partial charge in [0, 0.05) is 25.0 Å². The van der Waals surface area contributed by atoms with E-state index in [9.17, 15) is 9.90 Å². The van der Waals surface area contributed by atoms with Crippen molar-refractivity contribution in [2.24, 2.45) is 5.41 Å². The fourth-order valence-corrected chi connectivity index (χ4v) is 2.05. The second-order valence-electron chi connectivity index (χ2n) is 6.58. The Hall–Kier alpha value is -0.610. The Labute approximate surface area is 104 Å². The van der Waals surface area contributed by atoms with Gasteiger partial charge in [-0.1, -0.05) is 13.8 Å². The summed E-state index contributed by atoms with van der Waals surface area (Å²) in [5, 5.41) is 9.82. The van der Waals surface area contributed by atoms with E-state index in [2.05, 4.69) is 4.90 Å². The van der Waals surface area contributed by atoms with Crippen LogP contribution in [-0.4, -0.2) is 47.3 Å². The molecule has 0 aliphatic carbocycles. The zero-order chi connectivity index (χ0) is 13.3. The molecule has 0 saturated carbocycles. The van der Waals surface area contributed by atoms with Gasteiger partial charge in [0.2, 0.25) is 0 Å². The maximum absolute atomic E-state index is 11.5. The first kappa shape index (κ1) is 14.5. The minimum Gasteiger partial charge on any atom is -0.460 e. The van der Waals surface area contributed by atoms with E-state index in [0.29, 0.717) is 19.5 Å². The first-order chi connectivity index (χ1) is 7.60. The molecule has 4 nitrogen and oxygen atoms in total. The quantitative estimate of drug-likeness (QED) is 0.762. The van der Waals surface area contributed by atoms with Gasteiger partial charge in [0.25, 0.3) is 0 Å². The van der Waals surface area contributed by atoms with Gasteiger partial charge in [-0.3, -0.25) is 9.69 Å². The number of β-amino-alcohol motifs (C(OH)–C–C–N with tert-alkyl or cyclic N) is 1. The van der Waals surface area contributed by atoms with E-state index in [-0.39, 0.29) is 17.5 Å². The fourth-order valence-electron chi connectivity index (χ4n) is 2.05. The number of rotatable bonds is 3. The molecule has 1 heterocycles. The zero-order valence-corrected chi connectivity index (χ0v) is 11.6. The van der Waals surface area contributed by atoms with Crippen LogP contribution >= 0.6 is 0 Å². The molecule has 0 amide bonds. The van der Waals surface area contributed by atoms with Crippen molar-refractivity contribution < 1.29 is 14.6 Å². The first-order valence-corrected chi connectivity index (χ1v) is 6.22. The van der Waals surface area contributed by atoms with Gasteiger partial charge in [0.05, 0.1) is 12.5 Å². The van der Waals surface area contributed by atoms with Gasteiger partial charge in [-0.15, -0.1) is 0 Å². The van der Waals surface area contributed by atoms with Crippen molar-refractivity contribution in [1.29, 1.82) is 0 Å². The molecule has 1 aliphatic heterocycles. The molecule has 1 aliphatic rings. The Balaban J connectivity index is 2.31. The lowest BCUT2D eigenvalue weighted by Crippen LogP contribution is -2.29. The Kier molecular flexibility index (Phi) is 4.20. The second-order valence-corrected chi connectivity index (χ2v) is 6.58. The van der Waals surface area contributed by atoms with Crippen LogP contribution in [0.4, 0.5) is 0 Å². The summed E-state index contributed by atoms with van der Waals surface area (Å²) < 4.78 is 5.25. The Morgan fingerprint density at radius 1 is 1.47 bits per heavy atom. The lowest BCUT2D eigenvalue weighted by atomic mass is 9.90. The molecule has 4 heteroatoms. The van der Waals surface area contributed by atoms with E-state index >= 15 is 0 Å². The topological polar surface area (TPSA) is 49.8 Å². The number of likely N-dealkylation sites (tertiary alicyclic amines) is 1. The smallest absolute Gasteiger partial charge is 0.307 e. The number of aliphatic hydroxyl groups excluding tert-OH is 1. The lowest BCUT2D eigenvalue weighted by Gasteiger charge is -2.22. The van der Waals surface area contributed by atoms with Crippen molar-refractivity contribution in [2.45, 2.75) is 52.7 Å². The highest BCUT2D eigenvalue weighted by Crippen LogP contribution is 2.29. The van der Waals surface area contributed by atoms with Gasteiger partial charge in [-0.2, -0.15) is 0 Å². The number of carbonyl (C=O) groups is 1. The number of carbonyl (C=O) groups excluding carboxylic acids is 1. The molecule has 0 spiro atoms. The number of ether oxygens (including phenoxy) is 1. The van der Waals surface area contributed by atoms with Crippen molar-refractivity contribution in [3.8, 4) is 0 Å². The normalized spacial score (nSPS) is 24.9. The third-order valence-electron chi connectivity index (χ3n) is 3.02. The van der Waals surface area contributed by atoms with Crippen LogP contribution in [0.15, 0.2) is 0 Å². The summed E-state index contributed by atoms with van der Waals surface area (Å²) in [6.07, 6.45) is 0.0845. The minimum atomic E-state index is -0.416. The van der Waals surface area contributed by atoms with Gasteiger partial charge in [0.15, 0.2) is 0 Å². The van der Waals surface area contributed by atoms with Crippen LogP contribution in [0.5, 0.6) is 0 Å². The molecule has 1 rings (SSSR count). The van der Waals surface area contributed by atoms with Crippen LogP contribution in [0.1, 0.15) is 41.0 Å². The van der Waals surface area contributed by atoms with Gasteiger partial charge in [0.1, 0.15) is 5.60 Å². The third-order valence-corrected chi connectivity index (χ3v) is 3.02. The Morgan fingerprint density at radius 3 is 2.47 bits per heavy atom. The highest BCUT2D eigenvalue weighted by atomic mass is 16.6. The number of esters is 1. The van der Waals surface area contributed by atoms with E-state index in [1.54, 1.807) is 0 Å². The second kappa shape index (κ2) is 4.94. The molecule has 100 valence electrons. The fraction of sp³-hybridized carbons (Fsp3) is 0.923. The van der Waals surface area contributed by atoms with E-state index in [4.69, 9.17) is 4.74 Å². The summed E-state index contributed by atoms with van der Waals surface area (Å²) in [6, 6.07) is 0. The molecule has 0 aromatic rings. The third kappa shape index (κ3) is 4.64. The predicted octanol–water partition coefficient (Wildman–Crippen LogP) is 1.42. The summed E-state index contributed by atoms with van der Waals surface area (Å²) in [5.74, 6) is -0.170. The van der Waals surface area contributed by atoms with Gasteiger partial charge in [-0.25, -0.2) is 0 Å². The van der Waals surface area contributed by atoms with Crippen molar-refractivity contribution in [2.75, 3.05) is 19.6 Å². The summed E-state index contributed by atoms with van der Waals surface area (Å²) in [4.78, 5) is 13.7. The summed E-state index contributed by atoms with van der Waals surface area (Å²) >= 11 is 0. The predicted molar refractivity (Wildman–Crippen MR) is 66.7 cm³/mol. The van der Waals surface area contributed by atoms with Crippen molar-refractivity contribution in [1.82, 2.24) is 4.90 Å². The molecule has 1 atom stereocenters. The van der Waals surface area contributed by atoms with Crippen LogP contribution in [0, 0.1) is 5.41 Å². The summed E-state index contributed by atoms with van der Waals surface area (Å²) in [7, 11) is 0. The summed E-state index contributed by atoms with van der Waals surface area (Å²) in [5.41, 5.74) is -0.491. The highest BCUT2D eigenvalue weighted by Gasteiger charge is 2.37. The average molecular weight is 243 g/mol. The monoisotopic (exact) mass is 243 g/mol. The standard InChI is InChI=1S/C13H25NO3/c1-12(2,3)17-11(16)6-7-14-8-10(15)13(4,5)9-14/h10,15H,6-9H2,1-5H3/t10-/m1/s1. The number of hydrogen-bond donors (Lipinski definition) is 1. The first-order valence-electron chi connectivity index (χ1n) is 6.22. The highest BCUT2D eigenvalue weighted by molar-refractivity contribution is 5.70. The molecular formula is C13H25NO3. The molecular weight excluding hydrogens is 218 g/mol. The molecule has 1 saturated heterocycles. The maximum atomic E-state index is 11.5. The minimum absolute atomic E-state index is 0.0755. The summed E-state index contributed by atoms with van der Waals surface area (Å²) in [6.45, 7) is 11.8. The van der Waals surface area contributed by atoms with Crippen LogP contribution in [0.25, 0.3) is 0 Å². The number of aliphatic hydroxyl groups is 1. The van der Waals surface area contributed by atoms with Crippen LogP contribution in [0.2, 0.25) is 0 Å². The maximum Gasteiger partial charge on any atom is 0.307 e.